The van der Waals surface area contributed by atoms with E-state index < -0.39 is 0 Å². The highest BCUT2D eigenvalue weighted by Crippen LogP contribution is 2.33. The molecule has 16 heavy (non-hydrogen) atoms. The van der Waals surface area contributed by atoms with E-state index in [0.717, 1.165) is 17.1 Å². The first kappa shape index (κ1) is 14.8. The van der Waals surface area contributed by atoms with Gasteiger partial charge in [-0.3, -0.25) is 0 Å². The van der Waals surface area contributed by atoms with Gasteiger partial charge in [-0.15, -0.1) is 0 Å². The summed E-state index contributed by atoms with van der Waals surface area (Å²) in [6, 6.07) is 5.89. The van der Waals surface area contributed by atoms with Crippen LogP contribution in [0, 0.1) is 6.92 Å². The molecule has 0 aliphatic heterocycles. The van der Waals surface area contributed by atoms with E-state index in [-0.39, 0.29) is 5.60 Å². The molecule has 0 amide bonds. The van der Waals surface area contributed by atoms with Gasteiger partial charge in [0.05, 0.1) is 7.11 Å². The van der Waals surface area contributed by atoms with Crippen molar-refractivity contribution in [2.24, 2.45) is 0 Å². The van der Waals surface area contributed by atoms with E-state index in [1.54, 1.807) is 7.11 Å². The van der Waals surface area contributed by atoms with E-state index in [4.69, 9.17) is 9.47 Å². The minimum Gasteiger partial charge on any atom is -0.493 e. The molecule has 0 unspecified atom stereocenters. The lowest BCUT2D eigenvalue weighted by molar-refractivity contribution is 0.124. The first-order valence-corrected chi connectivity index (χ1v) is 5.76. The second-order valence-corrected chi connectivity index (χ2v) is 4.32. The minimum absolute atomic E-state index is 0.195. The van der Waals surface area contributed by atoms with Crippen LogP contribution in [-0.2, 0) is 0 Å². The van der Waals surface area contributed by atoms with E-state index in [9.17, 15) is 0 Å². The molecule has 0 saturated heterocycles. The topological polar surface area (TPSA) is 18.5 Å². The van der Waals surface area contributed by atoms with Crippen molar-refractivity contribution >= 4 is 0 Å². The Kier molecular flexibility index (Phi) is 5.94. The van der Waals surface area contributed by atoms with Crippen molar-refractivity contribution in [3.63, 3.8) is 0 Å². The summed E-state index contributed by atoms with van der Waals surface area (Å²) in [6.07, 6.45) is 0. The second kappa shape index (κ2) is 6.41. The van der Waals surface area contributed by atoms with Crippen LogP contribution in [0.2, 0.25) is 0 Å². The van der Waals surface area contributed by atoms with Crippen molar-refractivity contribution in [2.75, 3.05) is 7.11 Å². The average Bonchev–Trinajstić information content (AvgIpc) is 2.22. The van der Waals surface area contributed by atoms with Gasteiger partial charge in [-0.25, -0.2) is 0 Å². The van der Waals surface area contributed by atoms with Crippen molar-refractivity contribution in [1.29, 1.82) is 0 Å². The van der Waals surface area contributed by atoms with E-state index in [2.05, 4.69) is 0 Å². The summed E-state index contributed by atoms with van der Waals surface area (Å²) in [7, 11) is 1.66. The number of rotatable bonds is 2. The molecule has 0 heterocycles. The first-order valence-electron chi connectivity index (χ1n) is 5.76. The molecule has 2 nitrogen and oxygen atoms in total. The van der Waals surface area contributed by atoms with Crippen LogP contribution in [0.4, 0.5) is 0 Å². The molecule has 0 radical (unpaired) electrons. The van der Waals surface area contributed by atoms with Crippen molar-refractivity contribution in [3.8, 4) is 11.5 Å². The lowest BCUT2D eigenvalue weighted by Gasteiger charge is -2.24. The third kappa shape index (κ3) is 4.56. The maximum absolute atomic E-state index is 5.83. The number of aryl methyl sites for hydroxylation is 1. The monoisotopic (exact) mass is 224 g/mol. The van der Waals surface area contributed by atoms with Crippen LogP contribution in [0.3, 0.4) is 0 Å². The number of para-hydroxylation sites is 1. The predicted octanol–water partition coefficient (Wildman–Crippen LogP) is 4.21. The van der Waals surface area contributed by atoms with Crippen LogP contribution < -0.4 is 9.47 Å². The molecule has 1 aromatic carbocycles. The van der Waals surface area contributed by atoms with Crippen LogP contribution in [0.25, 0.3) is 0 Å². The van der Waals surface area contributed by atoms with Crippen molar-refractivity contribution < 1.29 is 9.47 Å². The molecule has 0 bridgehead atoms. The van der Waals surface area contributed by atoms with Crippen LogP contribution in [0.5, 0.6) is 11.5 Å². The maximum Gasteiger partial charge on any atom is 0.164 e. The number of benzene rings is 1. The van der Waals surface area contributed by atoms with Crippen LogP contribution in [-0.4, -0.2) is 12.7 Å². The highest BCUT2D eigenvalue weighted by atomic mass is 16.5. The van der Waals surface area contributed by atoms with Gasteiger partial charge in [0, 0.05) is 0 Å². The molecule has 0 aliphatic rings. The van der Waals surface area contributed by atoms with Gasteiger partial charge in [0.2, 0.25) is 0 Å². The Morgan fingerprint density at radius 3 is 2.06 bits per heavy atom. The van der Waals surface area contributed by atoms with Crippen LogP contribution >= 0.6 is 0 Å². The Hall–Kier alpha value is -1.18. The average molecular weight is 224 g/mol. The van der Waals surface area contributed by atoms with Gasteiger partial charge >= 0.3 is 0 Å². The highest BCUT2D eigenvalue weighted by molar-refractivity contribution is 5.46. The molecular formula is C14H24O2. The second-order valence-electron chi connectivity index (χ2n) is 4.32. The summed E-state index contributed by atoms with van der Waals surface area (Å²) in [6.45, 7) is 12.1. The molecule has 0 saturated carbocycles. The lowest BCUT2D eigenvalue weighted by atomic mass is 10.1. The summed E-state index contributed by atoms with van der Waals surface area (Å²) in [5.74, 6) is 1.63. The largest absolute Gasteiger partial charge is 0.493 e. The summed E-state index contributed by atoms with van der Waals surface area (Å²) in [5, 5.41) is 0. The zero-order valence-electron chi connectivity index (χ0n) is 11.5. The number of methoxy groups -OCH3 is 1. The molecule has 1 rings (SSSR count). The Balaban J connectivity index is 0.00000106. The quantitative estimate of drug-likeness (QED) is 0.749. The molecule has 0 fully saturated rings. The molecule has 1 aromatic rings. The van der Waals surface area contributed by atoms with E-state index >= 15 is 0 Å². The fourth-order valence-electron chi connectivity index (χ4n) is 1.22. The fourth-order valence-corrected chi connectivity index (χ4v) is 1.22. The number of hydrogen-bond donors (Lipinski definition) is 0. The molecular weight excluding hydrogens is 200 g/mol. The van der Waals surface area contributed by atoms with E-state index in [1.165, 1.54) is 0 Å². The summed E-state index contributed by atoms with van der Waals surface area (Å²) in [5.41, 5.74) is 0.902. The lowest BCUT2D eigenvalue weighted by Crippen LogP contribution is -2.23. The Labute approximate surface area is 99.6 Å². The summed E-state index contributed by atoms with van der Waals surface area (Å²) in [4.78, 5) is 0. The predicted molar refractivity (Wildman–Crippen MR) is 69.5 cm³/mol. The zero-order chi connectivity index (χ0) is 12.8. The third-order valence-corrected chi connectivity index (χ3v) is 1.80. The third-order valence-electron chi connectivity index (χ3n) is 1.80. The Morgan fingerprint density at radius 1 is 1.06 bits per heavy atom. The standard InChI is InChI=1S/C12H18O2.C2H6/c1-9-7-6-8-10(13-5)11(9)14-12(2,3)4;1-2/h6-8H,1-5H3;1-2H3. The maximum atomic E-state index is 5.83. The molecule has 0 N–H and O–H groups in total. The molecule has 2 heteroatoms. The van der Waals surface area contributed by atoms with Gasteiger partial charge < -0.3 is 9.47 Å². The van der Waals surface area contributed by atoms with Crippen molar-refractivity contribution in [1.82, 2.24) is 0 Å². The summed E-state index contributed by atoms with van der Waals surface area (Å²) < 4.78 is 11.1. The molecule has 0 spiro atoms. The van der Waals surface area contributed by atoms with Gasteiger partial charge in [0.1, 0.15) is 5.60 Å². The zero-order valence-corrected chi connectivity index (χ0v) is 11.5. The van der Waals surface area contributed by atoms with Gasteiger partial charge in [-0.1, -0.05) is 26.0 Å². The van der Waals surface area contributed by atoms with Crippen molar-refractivity contribution in [3.05, 3.63) is 23.8 Å². The first-order chi connectivity index (χ1) is 7.44. The smallest absolute Gasteiger partial charge is 0.164 e. The number of hydrogen-bond acceptors (Lipinski definition) is 2. The molecule has 0 atom stereocenters. The highest BCUT2D eigenvalue weighted by Gasteiger charge is 2.16. The Bertz CT molecular complexity index is 311. The minimum atomic E-state index is -0.195. The normalized spacial score (nSPS) is 10.2. The van der Waals surface area contributed by atoms with Crippen LogP contribution in [0.15, 0.2) is 18.2 Å². The van der Waals surface area contributed by atoms with Crippen LogP contribution in [0.1, 0.15) is 40.2 Å². The van der Waals surface area contributed by atoms with Gasteiger partial charge in [-0.2, -0.15) is 0 Å². The van der Waals surface area contributed by atoms with E-state index in [1.807, 2.05) is 59.7 Å². The number of ether oxygens (including phenoxy) is 2. The fraction of sp³-hybridized carbons (Fsp3) is 0.571. The van der Waals surface area contributed by atoms with Crippen molar-refractivity contribution in [2.45, 2.75) is 47.1 Å². The Morgan fingerprint density at radius 2 is 1.62 bits per heavy atom. The molecule has 0 aromatic heterocycles. The summed E-state index contributed by atoms with van der Waals surface area (Å²) >= 11 is 0. The van der Waals surface area contributed by atoms with E-state index in [0.29, 0.717) is 0 Å². The molecule has 0 aliphatic carbocycles. The van der Waals surface area contributed by atoms with Gasteiger partial charge in [0.15, 0.2) is 11.5 Å². The SMILES string of the molecule is CC.COc1cccc(C)c1OC(C)(C)C. The van der Waals surface area contributed by atoms with Gasteiger partial charge in [-0.05, 0) is 39.3 Å². The van der Waals surface area contributed by atoms with Gasteiger partial charge in [0.25, 0.3) is 0 Å². The molecule has 92 valence electrons.